The van der Waals surface area contributed by atoms with Crippen molar-refractivity contribution in [2.45, 2.75) is 50.5 Å². The fraction of sp³-hybridized carbons (Fsp3) is 0.600. The first-order valence-electron chi connectivity index (χ1n) is 7.21. The number of methoxy groups -OCH3 is 1. The van der Waals surface area contributed by atoms with Crippen LogP contribution in [-0.4, -0.2) is 21.6 Å². The number of rotatable bonds is 4. The molecule has 0 bridgehead atoms. The molecule has 0 saturated heterocycles. The molecule has 1 N–H and O–H groups in total. The molecule has 1 saturated carbocycles. The van der Waals surface area contributed by atoms with Gasteiger partial charge >= 0.3 is 0 Å². The van der Waals surface area contributed by atoms with E-state index in [-0.39, 0.29) is 10.9 Å². The predicted molar refractivity (Wildman–Crippen MR) is 84.5 cm³/mol. The van der Waals surface area contributed by atoms with Gasteiger partial charge in [-0.1, -0.05) is 31.4 Å². The fourth-order valence-electron chi connectivity index (χ4n) is 2.76. The Labute approximate surface area is 131 Å². The van der Waals surface area contributed by atoms with Gasteiger partial charge in [-0.3, -0.25) is 0 Å². The van der Waals surface area contributed by atoms with Crippen molar-refractivity contribution in [2.24, 2.45) is 5.92 Å². The Morgan fingerprint density at radius 1 is 1.29 bits per heavy atom. The van der Waals surface area contributed by atoms with Gasteiger partial charge in [0.25, 0.3) is 0 Å². The number of nitrogens with one attached hydrogen (secondary N) is 1. The molecular weight excluding hydrogens is 310 g/mol. The first-order valence-corrected chi connectivity index (χ1v) is 9.07. The molecule has 0 heterocycles. The minimum absolute atomic E-state index is 0.0199. The monoisotopic (exact) mass is 331 g/mol. The Morgan fingerprint density at radius 3 is 2.57 bits per heavy atom. The Kier molecular flexibility index (Phi) is 5.17. The molecule has 0 spiro atoms. The molecule has 4 nitrogen and oxygen atoms in total. The van der Waals surface area contributed by atoms with Gasteiger partial charge in [0.15, 0.2) is 0 Å². The van der Waals surface area contributed by atoms with Crippen LogP contribution in [0.5, 0.6) is 5.75 Å². The number of halogens is 1. The Bertz CT molecular complexity index is 616. The van der Waals surface area contributed by atoms with Crippen LogP contribution in [-0.2, 0) is 10.0 Å². The van der Waals surface area contributed by atoms with Gasteiger partial charge in [0.05, 0.1) is 7.11 Å². The van der Waals surface area contributed by atoms with Crippen molar-refractivity contribution in [3.63, 3.8) is 0 Å². The minimum Gasteiger partial charge on any atom is -0.495 e. The molecule has 118 valence electrons. The van der Waals surface area contributed by atoms with E-state index < -0.39 is 10.0 Å². The van der Waals surface area contributed by atoms with Crippen LogP contribution in [0.4, 0.5) is 0 Å². The summed E-state index contributed by atoms with van der Waals surface area (Å²) in [6.45, 7) is 3.91. The van der Waals surface area contributed by atoms with E-state index >= 15 is 0 Å². The molecule has 0 unspecified atom stereocenters. The highest BCUT2D eigenvalue weighted by Crippen LogP contribution is 2.31. The lowest BCUT2D eigenvalue weighted by Gasteiger charge is -2.29. The molecule has 0 aromatic heterocycles. The first-order chi connectivity index (χ1) is 9.85. The number of benzene rings is 1. The summed E-state index contributed by atoms with van der Waals surface area (Å²) in [4.78, 5) is 0.110. The molecule has 1 fully saturated rings. The summed E-state index contributed by atoms with van der Waals surface area (Å²) in [5.41, 5.74) is 0.790. The number of hydrogen-bond acceptors (Lipinski definition) is 3. The van der Waals surface area contributed by atoms with E-state index in [9.17, 15) is 8.42 Å². The SMILES string of the molecule is COc1cc(C)c(Cl)cc1S(=O)(=O)N[C@@H]1CCCC[C@@H]1C. The van der Waals surface area contributed by atoms with Crippen molar-refractivity contribution >= 4 is 21.6 Å². The molecule has 0 radical (unpaired) electrons. The van der Waals surface area contributed by atoms with Gasteiger partial charge in [-0.2, -0.15) is 0 Å². The van der Waals surface area contributed by atoms with Gasteiger partial charge < -0.3 is 4.74 Å². The molecule has 21 heavy (non-hydrogen) atoms. The van der Waals surface area contributed by atoms with E-state index in [1.54, 1.807) is 6.07 Å². The average Bonchev–Trinajstić information content (AvgIpc) is 2.43. The summed E-state index contributed by atoms with van der Waals surface area (Å²) in [6.07, 6.45) is 4.16. The lowest BCUT2D eigenvalue weighted by atomic mass is 9.87. The minimum atomic E-state index is -3.63. The van der Waals surface area contributed by atoms with Crippen LogP contribution in [0.2, 0.25) is 5.02 Å². The van der Waals surface area contributed by atoms with Gasteiger partial charge in [0.1, 0.15) is 10.6 Å². The zero-order valence-corrected chi connectivity index (χ0v) is 14.2. The van der Waals surface area contributed by atoms with E-state index in [0.29, 0.717) is 16.7 Å². The molecule has 0 aliphatic heterocycles. The Hall–Kier alpha value is -0.780. The third-order valence-corrected chi connectivity index (χ3v) is 6.07. The van der Waals surface area contributed by atoms with Gasteiger partial charge in [0.2, 0.25) is 10.0 Å². The largest absolute Gasteiger partial charge is 0.495 e. The summed E-state index contributed by atoms with van der Waals surface area (Å²) in [6, 6.07) is 3.10. The zero-order valence-electron chi connectivity index (χ0n) is 12.6. The van der Waals surface area contributed by atoms with Gasteiger partial charge in [-0.15, -0.1) is 0 Å². The number of hydrogen-bond donors (Lipinski definition) is 1. The van der Waals surface area contributed by atoms with E-state index in [0.717, 1.165) is 24.8 Å². The normalized spacial score (nSPS) is 23.0. The number of ether oxygens (including phenoxy) is 1. The highest BCUT2D eigenvalue weighted by Gasteiger charge is 2.29. The van der Waals surface area contributed by atoms with Crippen LogP contribution in [0.3, 0.4) is 0 Å². The lowest BCUT2D eigenvalue weighted by molar-refractivity contribution is 0.310. The standard InChI is InChI=1S/C15H22ClNO3S/c1-10-6-4-5-7-13(10)17-21(18,19)15-9-12(16)11(2)8-14(15)20-3/h8-10,13,17H,4-7H2,1-3H3/t10-,13+/m0/s1. The van der Waals surface area contributed by atoms with Crippen LogP contribution in [0.15, 0.2) is 17.0 Å². The van der Waals surface area contributed by atoms with Gasteiger partial charge in [-0.25, -0.2) is 13.1 Å². The first kappa shape index (κ1) is 16.6. The Balaban J connectivity index is 2.33. The topological polar surface area (TPSA) is 55.4 Å². The van der Waals surface area contributed by atoms with Gasteiger partial charge in [0, 0.05) is 11.1 Å². The summed E-state index contributed by atoms with van der Waals surface area (Å²) >= 11 is 6.07. The second kappa shape index (κ2) is 6.55. The van der Waals surface area contributed by atoms with Gasteiger partial charge in [-0.05, 0) is 43.4 Å². The molecule has 0 amide bonds. The third kappa shape index (κ3) is 3.71. The fourth-order valence-corrected chi connectivity index (χ4v) is 4.54. The highest BCUT2D eigenvalue weighted by atomic mass is 35.5. The smallest absolute Gasteiger partial charge is 0.244 e. The van der Waals surface area contributed by atoms with Crippen LogP contribution < -0.4 is 9.46 Å². The maximum absolute atomic E-state index is 12.6. The van der Waals surface area contributed by atoms with Crippen LogP contribution >= 0.6 is 11.6 Å². The number of sulfonamides is 1. The van der Waals surface area contributed by atoms with E-state index in [1.807, 2.05) is 6.92 Å². The molecule has 1 aliphatic rings. The van der Waals surface area contributed by atoms with E-state index in [1.165, 1.54) is 19.6 Å². The average molecular weight is 332 g/mol. The maximum Gasteiger partial charge on any atom is 0.244 e. The quantitative estimate of drug-likeness (QED) is 0.918. The third-order valence-electron chi connectivity index (χ3n) is 4.15. The summed E-state index contributed by atoms with van der Waals surface area (Å²) in [5, 5.41) is 0.424. The summed E-state index contributed by atoms with van der Waals surface area (Å²) in [7, 11) is -2.17. The lowest BCUT2D eigenvalue weighted by Crippen LogP contribution is -2.41. The summed E-state index contributed by atoms with van der Waals surface area (Å²) < 4.78 is 33.3. The van der Waals surface area contributed by atoms with Crippen molar-refractivity contribution < 1.29 is 13.2 Å². The number of aryl methyl sites for hydroxylation is 1. The maximum atomic E-state index is 12.6. The molecule has 2 rings (SSSR count). The van der Waals surface area contributed by atoms with Crippen LogP contribution in [0.1, 0.15) is 38.2 Å². The van der Waals surface area contributed by atoms with E-state index in [2.05, 4.69) is 11.6 Å². The molecule has 1 aromatic carbocycles. The van der Waals surface area contributed by atoms with Crippen LogP contribution in [0.25, 0.3) is 0 Å². The van der Waals surface area contributed by atoms with Crippen molar-refractivity contribution in [1.82, 2.24) is 4.72 Å². The zero-order chi connectivity index (χ0) is 15.6. The Morgan fingerprint density at radius 2 is 1.95 bits per heavy atom. The molecule has 6 heteroatoms. The van der Waals surface area contributed by atoms with Crippen molar-refractivity contribution in [1.29, 1.82) is 0 Å². The van der Waals surface area contributed by atoms with Crippen molar-refractivity contribution in [2.75, 3.05) is 7.11 Å². The second-order valence-electron chi connectivity index (χ2n) is 5.74. The van der Waals surface area contributed by atoms with Crippen molar-refractivity contribution in [3.05, 3.63) is 22.7 Å². The van der Waals surface area contributed by atoms with Crippen molar-refractivity contribution in [3.8, 4) is 5.75 Å². The molecule has 1 aromatic rings. The predicted octanol–water partition coefficient (Wildman–Crippen LogP) is 3.51. The summed E-state index contributed by atoms with van der Waals surface area (Å²) in [5.74, 6) is 0.674. The van der Waals surface area contributed by atoms with Crippen LogP contribution in [0, 0.1) is 12.8 Å². The highest BCUT2D eigenvalue weighted by molar-refractivity contribution is 7.89. The molecule has 1 aliphatic carbocycles. The molecular formula is C15H22ClNO3S. The molecule has 2 atom stereocenters. The second-order valence-corrected chi connectivity index (χ2v) is 7.83. The van der Waals surface area contributed by atoms with E-state index in [4.69, 9.17) is 16.3 Å².